The highest BCUT2D eigenvalue weighted by atomic mass is 32.2. The average molecular weight is 366 g/mol. The molecular formula is C16H22N4O4S. The SMILES string of the molecule is CC(=O)Nc1cccc(S(=O)(=O)N(C)Cc2noc(CC(C)C)n2)c1. The molecule has 0 aliphatic heterocycles. The van der Waals surface area contributed by atoms with Gasteiger partial charge in [-0.25, -0.2) is 8.42 Å². The van der Waals surface area contributed by atoms with Crippen molar-refractivity contribution in [3.05, 3.63) is 36.0 Å². The fourth-order valence-electron chi connectivity index (χ4n) is 2.19. The van der Waals surface area contributed by atoms with Crippen molar-refractivity contribution in [2.45, 2.75) is 38.6 Å². The molecule has 1 N–H and O–H groups in total. The Hall–Kier alpha value is -2.26. The molecule has 0 aliphatic carbocycles. The van der Waals surface area contributed by atoms with Gasteiger partial charge in [0.1, 0.15) is 0 Å². The predicted molar refractivity (Wildman–Crippen MR) is 92.2 cm³/mol. The van der Waals surface area contributed by atoms with Crippen molar-refractivity contribution in [1.29, 1.82) is 0 Å². The van der Waals surface area contributed by atoms with E-state index >= 15 is 0 Å². The quantitative estimate of drug-likeness (QED) is 0.804. The van der Waals surface area contributed by atoms with Gasteiger partial charge in [-0.3, -0.25) is 4.79 Å². The maximum Gasteiger partial charge on any atom is 0.243 e. The highest BCUT2D eigenvalue weighted by molar-refractivity contribution is 7.89. The number of hydrogen-bond acceptors (Lipinski definition) is 6. The van der Waals surface area contributed by atoms with E-state index < -0.39 is 10.0 Å². The zero-order chi connectivity index (χ0) is 18.6. The molecule has 0 saturated heterocycles. The van der Waals surface area contributed by atoms with Crippen LogP contribution in [0.25, 0.3) is 0 Å². The zero-order valence-electron chi connectivity index (χ0n) is 14.7. The van der Waals surface area contributed by atoms with Gasteiger partial charge in [0.05, 0.1) is 11.4 Å². The van der Waals surface area contributed by atoms with Crippen molar-refractivity contribution < 1.29 is 17.7 Å². The molecule has 1 aromatic heterocycles. The minimum atomic E-state index is -3.75. The summed E-state index contributed by atoms with van der Waals surface area (Å²) in [7, 11) is -2.31. The number of sulfonamides is 1. The summed E-state index contributed by atoms with van der Waals surface area (Å²) >= 11 is 0. The fourth-order valence-corrected chi connectivity index (χ4v) is 3.36. The summed E-state index contributed by atoms with van der Waals surface area (Å²) < 4.78 is 31.6. The van der Waals surface area contributed by atoms with Crippen molar-refractivity contribution in [2.24, 2.45) is 5.92 Å². The van der Waals surface area contributed by atoms with E-state index in [1.165, 1.54) is 26.1 Å². The summed E-state index contributed by atoms with van der Waals surface area (Å²) in [4.78, 5) is 15.4. The van der Waals surface area contributed by atoms with Crippen LogP contribution in [-0.4, -0.2) is 35.8 Å². The first kappa shape index (κ1) is 19.1. The molecule has 9 heteroatoms. The summed E-state index contributed by atoms with van der Waals surface area (Å²) in [6, 6.07) is 6.07. The number of anilines is 1. The van der Waals surface area contributed by atoms with Crippen molar-refractivity contribution in [3.63, 3.8) is 0 Å². The van der Waals surface area contributed by atoms with Crippen LogP contribution in [0.2, 0.25) is 0 Å². The summed E-state index contributed by atoms with van der Waals surface area (Å²) in [6.45, 7) is 5.41. The van der Waals surface area contributed by atoms with E-state index in [1.807, 2.05) is 13.8 Å². The number of rotatable bonds is 7. The van der Waals surface area contributed by atoms with E-state index in [2.05, 4.69) is 15.5 Å². The Morgan fingerprint density at radius 2 is 2.08 bits per heavy atom. The van der Waals surface area contributed by atoms with Gasteiger partial charge in [0.25, 0.3) is 0 Å². The van der Waals surface area contributed by atoms with E-state index in [-0.39, 0.29) is 17.3 Å². The second kappa shape index (κ2) is 7.75. The third kappa shape index (κ3) is 5.10. The van der Waals surface area contributed by atoms with Gasteiger partial charge in [0.15, 0.2) is 5.82 Å². The molecule has 136 valence electrons. The lowest BCUT2D eigenvalue weighted by Gasteiger charge is -2.16. The van der Waals surface area contributed by atoms with Crippen LogP contribution < -0.4 is 5.32 Å². The minimum Gasteiger partial charge on any atom is -0.339 e. The standard InChI is InChI=1S/C16H22N4O4S/c1-11(2)8-16-18-15(19-24-16)10-20(4)25(22,23)14-7-5-6-13(9-14)17-12(3)21/h5-7,9,11H,8,10H2,1-4H3,(H,17,21). The Morgan fingerprint density at radius 3 is 2.72 bits per heavy atom. The molecule has 1 heterocycles. The molecule has 0 radical (unpaired) electrons. The summed E-state index contributed by atoms with van der Waals surface area (Å²) in [5.74, 6) is 0.891. The third-order valence-corrected chi connectivity index (χ3v) is 5.12. The Labute approximate surface area is 147 Å². The first-order chi connectivity index (χ1) is 11.7. The molecule has 25 heavy (non-hydrogen) atoms. The summed E-state index contributed by atoms with van der Waals surface area (Å²) in [5.41, 5.74) is 0.417. The molecule has 0 spiro atoms. The van der Waals surface area contributed by atoms with Crippen LogP contribution in [0.1, 0.15) is 32.5 Å². The molecule has 1 aromatic carbocycles. The van der Waals surface area contributed by atoms with Gasteiger partial charge in [0, 0.05) is 26.1 Å². The number of hydrogen-bond donors (Lipinski definition) is 1. The second-order valence-corrected chi connectivity index (χ2v) is 8.22. The lowest BCUT2D eigenvalue weighted by Crippen LogP contribution is -2.27. The van der Waals surface area contributed by atoms with Gasteiger partial charge in [-0.1, -0.05) is 25.1 Å². The monoisotopic (exact) mass is 366 g/mol. The van der Waals surface area contributed by atoms with Gasteiger partial charge in [-0.05, 0) is 24.1 Å². The number of aromatic nitrogens is 2. The number of carbonyl (C=O) groups excluding carboxylic acids is 1. The van der Waals surface area contributed by atoms with Crippen molar-refractivity contribution >= 4 is 21.6 Å². The lowest BCUT2D eigenvalue weighted by molar-refractivity contribution is -0.114. The van der Waals surface area contributed by atoms with Gasteiger partial charge in [-0.2, -0.15) is 9.29 Å². The molecule has 0 aliphatic rings. The van der Waals surface area contributed by atoms with Gasteiger partial charge < -0.3 is 9.84 Å². The van der Waals surface area contributed by atoms with Crippen LogP contribution in [0, 0.1) is 5.92 Å². The number of nitrogens with zero attached hydrogens (tertiary/aromatic N) is 3. The fraction of sp³-hybridized carbons (Fsp3) is 0.438. The van der Waals surface area contributed by atoms with Crippen molar-refractivity contribution in [3.8, 4) is 0 Å². The Morgan fingerprint density at radius 1 is 1.36 bits per heavy atom. The Kier molecular flexibility index (Phi) is 5.91. The summed E-state index contributed by atoms with van der Waals surface area (Å²) in [5, 5.41) is 6.39. The molecule has 0 unspecified atom stereocenters. The van der Waals surface area contributed by atoms with Crippen LogP contribution in [0.15, 0.2) is 33.7 Å². The largest absolute Gasteiger partial charge is 0.339 e. The van der Waals surface area contributed by atoms with Gasteiger partial charge >= 0.3 is 0 Å². The minimum absolute atomic E-state index is 0.00566. The first-order valence-electron chi connectivity index (χ1n) is 7.84. The van der Waals surface area contributed by atoms with Crippen LogP contribution >= 0.6 is 0 Å². The molecule has 1 amide bonds. The zero-order valence-corrected chi connectivity index (χ0v) is 15.5. The Balaban J connectivity index is 2.15. The summed E-state index contributed by atoms with van der Waals surface area (Å²) in [6.07, 6.45) is 0.641. The van der Waals surface area contributed by atoms with E-state index in [9.17, 15) is 13.2 Å². The van der Waals surface area contributed by atoms with Crippen LogP contribution in [-0.2, 0) is 27.8 Å². The average Bonchev–Trinajstić information content (AvgIpc) is 2.93. The van der Waals surface area contributed by atoms with Crippen LogP contribution in [0.3, 0.4) is 0 Å². The first-order valence-corrected chi connectivity index (χ1v) is 9.28. The smallest absolute Gasteiger partial charge is 0.243 e. The normalized spacial score (nSPS) is 11.9. The van der Waals surface area contributed by atoms with Crippen LogP contribution in [0.5, 0.6) is 0 Å². The maximum atomic E-state index is 12.7. The number of amides is 1. The van der Waals surface area contributed by atoms with Crippen molar-refractivity contribution in [2.75, 3.05) is 12.4 Å². The predicted octanol–water partition coefficient (Wildman–Crippen LogP) is 2.05. The lowest BCUT2D eigenvalue weighted by atomic mass is 10.1. The van der Waals surface area contributed by atoms with E-state index in [1.54, 1.807) is 12.1 Å². The van der Waals surface area contributed by atoms with E-state index in [4.69, 9.17) is 4.52 Å². The Bertz CT molecular complexity index is 845. The maximum absolute atomic E-state index is 12.7. The molecule has 2 rings (SSSR count). The van der Waals surface area contributed by atoms with E-state index in [0.717, 1.165) is 4.31 Å². The highest BCUT2D eigenvalue weighted by Gasteiger charge is 2.23. The number of carbonyl (C=O) groups is 1. The number of benzene rings is 1. The third-order valence-electron chi connectivity index (χ3n) is 3.32. The van der Waals surface area contributed by atoms with Gasteiger partial charge in [0.2, 0.25) is 21.8 Å². The molecular weight excluding hydrogens is 344 g/mol. The molecule has 0 saturated carbocycles. The molecule has 0 atom stereocenters. The molecule has 8 nitrogen and oxygen atoms in total. The highest BCUT2D eigenvalue weighted by Crippen LogP contribution is 2.20. The topological polar surface area (TPSA) is 105 Å². The molecule has 2 aromatic rings. The van der Waals surface area contributed by atoms with Gasteiger partial charge in [-0.15, -0.1) is 0 Å². The molecule has 0 bridgehead atoms. The second-order valence-electron chi connectivity index (χ2n) is 6.17. The van der Waals surface area contributed by atoms with Crippen LogP contribution in [0.4, 0.5) is 5.69 Å². The van der Waals surface area contributed by atoms with Crippen molar-refractivity contribution in [1.82, 2.24) is 14.4 Å². The van der Waals surface area contributed by atoms with E-state index in [0.29, 0.717) is 29.7 Å². The number of nitrogens with one attached hydrogen (secondary N) is 1. The molecule has 0 fully saturated rings.